The minimum atomic E-state index is -0.671. The SMILES string of the molecule is NC(=O)C#Cc1cncc(Cl)c1. The van der Waals surface area contributed by atoms with Crippen molar-refractivity contribution in [1.29, 1.82) is 0 Å². The van der Waals surface area contributed by atoms with E-state index in [0.717, 1.165) is 0 Å². The van der Waals surface area contributed by atoms with Gasteiger partial charge >= 0.3 is 0 Å². The van der Waals surface area contributed by atoms with Crippen molar-refractivity contribution < 1.29 is 4.79 Å². The van der Waals surface area contributed by atoms with E-state index in [9.17, 15) is 4.79 Å². The zero-order valence-electron chi connectivity index (χ0n) is 6.04. The zero-order valence-corrected chi connectivity index (χ0v) is 6.80. The molecule has 0 atom stereocenters. The number of aromatic nitrogens is 1. The highest BCUT2D eigenvalue weighted by molar-refractivity contribution is 6.30. The van der Waals surface area contributed by atoms with Crippen LogP contribution in [0.3, 0.4) is 0 Å². The Balaban J connectivity index is 2.92. The molecule has 0 fully saturated rings. The molecule has 1 aromatic rings. The van der Waals surface area contributed by atoms with E-state index < -0.39 is 5.91 Å². The van der Waals surface area contributed by atoms with Gasteiger partial charge in [-0.3, -0.25) is 9.78 Å². The molecule has 2 N–H and O–H groups in total. The van der Waals surface area contributed by atoms with Crippen LogP contribution in [-0.4, -0.2) is 10.9 Å². The summed E-state index contributed by atoms with van der Waals surface area (Å²) in [5.74, 6) is 4.02. The Morgan fingerprint density at radius 1 is 1.58 bits per heavy atom. The summed E-state index contributed by atoms with van der Waals surface area (Å²) < 4.78 is 0. The average molecular weight is 181 g/mol. The van der Waals surface area contributed by atoms with Crippen LogP contribution >= 0.6 is 11.6 Å². The summed E-state index contributed by atoms with van der Waals surface area (Å²) in [6.45, 7) is 0. The van der Waals surface area contributed by atoms with E-state index >= 15 is 0 Å². The lowest BCUT2D eigenvalue weighted by Crippen LogP contribution is -2.06. The second-order valence-electron chi connectivity index (χ2n) is 2.01. The van der Waals surface area contributed by atoms with Crippen LogP contribution < -0.4 is 5.73 Å². The molecule has 60 valence electrons. The van der Waals surface area contributed by atoms with Crippen LogP contribution in [0.5, 0.6) is 0 Å². The molecule has 1 amide bonds. The molecular weight excluding hydrogens is 176 g/mol. The fourth-order valence-corrected chi connectivity index (χ4v) is 0.788. The Hall–Kier alpha value is -1.53. The van der Waals surface area contributed by atoms with E-state index in [-0.39, 0.29) is 0 Å². The smallest absolute Gasteiger partial charge is 0.293 e. The molecule has 0 aliphatic rings. The summed E-state index contributed by atoms with van der Waals surface area (Å²) >= 11 is 5.61. The maximum absolute atomic E-state index is 10.3. The zero-order chi connectivity index (χ0) is 8.97. The molecule has 0 aliphatic heterocycles. The van der Waals surface area contributed by atoms with E-state index in [1.54, 1.807) is 6.07 Å². The van der Waals surface area contributed by atoms with Crippen LogP contribution in [0.4, 0.5) is 0 Å². The number of carbonyl (C=O) groups is 1. The molecule has 0 unspecified atom stereocenters. The summed E-state index contributed by atoms with van der Waals surface area (Å²) in [6, 6.07) is 1.60. The van der Waals surface area contributed by atoms with Crippen LogP contribution in [0.1, 0.15) is 5.56 Å². The fraction of sp³-hybridized carbons (Fsp3) is 0. The molecule has 4 heteroatoms. The summed E-state index contributed by atoms with van der Waals surface area (Å²) in [6.07, 6.45) is 2.98. The van der Waals surface area contributed by atoms with Crippen LogP contribution in [0.25, 0.3) is 0 Å². The van der Waals surface area contributed by atoms with Crippen molar-refractivity contribution in [3.8, 4) is 11.8 Å². The molecule has 0 aromatic carbocycles. The van der Waals surface area contributed by atoms with Gasteiger partial charge in [-0.25, -0.2) is 0 Å². The molecule has 0 saturated heterocycles. The Morgan fingerprint density at radius 3 is 2.92 bits per heavy atom. The number of carbonyl (C=O) groups excluding carboxylic acids is 1. The number of pyridine rings is 1. The first-order valence-electron chi connectivity index (χ1n) is 3.10. The van der Waals surface area contributed by atoms with Crippen molar-refractivity contribution in [2.45, 2.75) is 0 Å². The maximum atomic E-state index is 10.3. The number of hydrogen-bond acceptors (Lipinski definition) is 2. The topological polar surface area (TPSA) is 56.0 Å². The number of hydrogen-bond donors (Lipinski definition) is 1. The van der Waals surface area contributed by atoms with Crippen LogP contribution in [0.15, 0.2) is 18.5 Å². The van der Waals surface area contributed by atoms with E-state index in [4.69, 9.17) is 17.3 Å². The Labute approximate surface area is 74.5 Å². The summed E-state index contributed by atoms with van der Waals surface area (Å²) in [7, 11) is 0. The first kappa shape index (κ1) is 8.57. The molecule has 0 aliphatic carbocycles. The van der Waals surface area contributed by atoms with Crippen molar-refractivity contribution in [1.82, 2.24) is 4.98 Å². The summed E-state index contributed by atoms with van der Waals surface area (Å²) in [5.41, 5.74) is 5.38. The van der Waals surface area contributed by atoms with E-state index in [2.05, 4.69) is 16.8 Å². The predicted molar refractivity (Wildman–Crippen MR) is 45.3 cm³/mol. The number of nitrogens with zero attached hydrogens (tertiary/aromatic N) is 1. The Morgan fingerprint density at radius 2 is 2.33 bits per heavy atom. The van der Waals surface area contributed by atoms with Crippen LogP contribution in [-0.2, 0) is 4.79 Å². The molecule has 0 spiro atoms. The number of rotatable bonds is 0. The van der Waals surface area contributed by atoms with Gasteiger partial charge in [0.05, 0.1) is 5.02 Å². The normalized spacial score (nSPS) is 8.42. The fourth-order valence-electron chi connectivity index (χ4n) is 0.614. The van der Waals surface area contributed by atoms with Gasteiger partial charge in [0.15, 0.2) is 0 Å². The number of primary amides is 1. The number of nitrogens with two attached hydrogens (primary N) is 1. The predicted octanol–water partition coefficient (Wildman–Crippen LogP) is 0.572. The van der Waals surface area contributed by atoms with Gasteiger partial charge in [-0.15, -0.1) is 0 Å². The molecular formula is C8H5ClN2O. The van der Waals surface area contributed by atoms with Gasteiger partial charge in [0.25, 0.3) is 5.91 Å². The second kappa shape index (κ2) is 3.74. The number of amides is 1. The van der Waals surface area contributed by atoms with Crippen molar-refractivity contribution in [3.63, 3.8) is 0 Å². The van der Waals surface area contributed by atoms with Crippen molar-refractivity contribution >= 4 is 17.5 Å². The maximum Gasteiger partial charge on any atom is 0.293 e. The lowest BCUT2D eigenvalue weighted by molar-refractivity contribution is -0.112. The van der Waals surface area contributed by atoms with E-state index in [1.165, 1.54) is 12.4 Å². The lowest BCUT2D eigenvalue weighted by atomic mass is 10.3. The van der Waals surface area contributed by atoms with Crippen LogP contribution in [0, 0.1) is 11.8 Å². The van der Waals surface area contributed by atoms with Gasteiger partial charge in [0.2, 0.25) is 0 Å². The van der Waals surface area contributed by atoms with Gasteiger partial charge in [0.1, 0.15) is 0 Å². The minimum Gasteiger partial charge on any atom is -0.359 e. The highest BCUT2D eigenvalue weighted by Crippen LogP contribution is 2.06. The molecule has 0 saturated carbocycles. The second-order valence-corrected chi connectivity index (χ2v) is 2.44. The molecule has 1 rings (SSSR count). The highest BCUT2D eigenvalue weighted by Gasteiger charge is 1.89. The van der Waals surface area contributed by atoms with Gasteiger partial charge in [0, 0.05) is 23.9 Å². The van der Waals surface area contributed by atoms with E-state index in [0.29, 0.717) is 10.6 Å². The summed E-state index contributed by atoms with van der Waals surface area (Å²) in [4.78, 5) is 14.0. The molecule has 3 nitrogen and oxygen atoms in total. The standard InChI is InChI=1S/C8H5ClN2O/c9-7-3-6(4-11-5-7)1-2-8(10)12/h3-5H,(H2,10,12). The monoisotopic (exact) mass is 180 g/mol. The van der Waals surface area contributed by atoms with Crippen molar-refractivity contribution in [2.24, 2.45) is 5.73 Å². The lowest BCUT2D eigenvalue weighted by Gasteiger charge is -1.88. The molecule has 0 bridgehead atoms. The largest absolute Gasteiger partial charge is 0.359 e. The van der Waals surface area contributed by atoms with Gasteiger partial charge in [-0.05, 0) is 6.07 Å². The minimum absolute atomic E-state index is 0.478. The Kier molecular flexibility index (Phi) is 2.67. The Bertz CT molecular complexity index is 365. The van der Waals surface area contributed by atoms with Gasteiger partial charge < -0.3 is 5.73 Å². The third-order valence-corrected chi connectivity index (χ3v) is 1.24. The van der Waals surface area contributed by atoms with Crippen molar-refractivity contribution in [2.75, 3.05) is 0 Å². The average Bonchev–Trinajstić information content (AvgIpc) is 2.01. The molecule has 1 heterocycles. The van der Waals surface area contributed by atoms with E-state index in [1.807, 2.05) is 0 Å². The third kappa shape index (κ3) is 2.60. The summed E-state index contributed by atoms with van der Waals surface area (Å²) in [5, 5.41) is 0.478. The molecule has 0 radical (unpaired) electrons. The third-order valence-electron chi connectivity index (χ3n) is 1.03. The van der Waals surface area contributed by atoms with Gasteiger partial charge in [-0.1, -0.05) is 17.5 Å². The first-order chi connectivity index (χ1) is 5.68. The van der Waals surface area contributed by atoms with Crippen molar-refractivity contribution in [3.05, 3.63) is 29.0 Å². The molecule has 12 heavy (non-hydrogen) atoms. The van der Waals surface area contributed by atoms with Crippen LogP contribution in [0.2, 0.25) is 5.02 Å². The van der Waals surface area contributed by atoms with Gasteiger partial charge in [-0.2, -0.15) is 0 Å². The number of halogens is 1. The highest BCUT2D eigenvalue weighted by atomic mass is 35.5. The molecule has 1 aromatic heterocycles. The first-order valence-corrected chi connectivity index (χ1v) is 3.48. The quantitative estimate of drug-likeness (QED) is 0.594.